The zero-order valence-corrected chi connectivity index (χ0v) is 12.0. The van der Waals surface area contributed by atoms with Crippen LogP contribution >= 0.6 is 0 Å². The first-order valence-corrected chi connectivity index (χ1v) is 6.57. The number of rotatable bonds is 3. The number of aliphatic carboxylic acids is 1. The van der Waals surface area contributed by atoms with Crippen molar-refractivity contribution in [3.05, 3.63) is 70.8 Å². The number of benzene rings is 2. The Labute approximate surface area is 119 Å². The van der Waals surface area contributed by atoms with Crippen molar-refractivity contribution >= 4 is 17.1 Å². The van der Waals surface area contributed by atoms with Crippen molar-refractivity contribution in [3.63, 3.8) is 0 Å². The quantitative estimate of drug-likeness (QED) is 0.663. The minimum Gasteiger partial charge on any atom is -0.478 e. The van der Waals surface area contributed by atoms with E-state index in [1.165, 1.54) is 0 Å². The molecule has 0 aliphatic heterocycles. The molecule has 0 heterocycles. The van der Waals surface area contributed by atoms with Crippen LogP contribution in [0.3, 0.4) is 0 Å². The molecule has 2 rings (SSSR count). The van der Waals surface area contributed by atoms with Gasteiger partial charge in [0, 0.05) is 0 Å². The van der Waals surface area contributed by atoms with E-state index < -0.39 is 5.97 Å². The number of hydrogen-bond acceptors (Lipinski definition) is 1. The van der Waals surface area contributed by atoms with Gasteiger partial charge in [-0.3, -0.25) is 0 Å². The van der Waals surface area contributed by atoms with Crippen LogP contribution in [-0.2, 0) is 4.79 Å². The number of carboxylic acid groups (broad SMARTS) is 1. The van der Waals surface area contributed by atoms with Crippen LogP contribution in [0.1, 0.15) is 29.2 Å². The molecule has 2 heteroatoms. The topological polar surface area (TPSA) is 37.3 Å². The van der Waals surface area contributed by atoms with Crippen LogP contribution < -0.4 is 0 Å². The minimum atomic E-state index is -0.896. The normalized spacial score (nSPS) is 11.9. The molecule has 0 atom stereocenters. The van der Waals surface area contributed by atoms with Crippen molar-refractivity contribution in [1.29, 1.82) is 0 Å². The second-order valence-corrected chi connectivity index (χ2v) is 5.04. The van der Waals surface area contributed by atoms with Crippen molar-refractivity contribution in [2.24, 2.45) is 0 Å². The van der Waals surface area contributed by atoms with Crippen LogP contribution in [0.15, 0.2) is 48.5 Å². The summed E-state index contributed by atoms with van der Waals surface area (Å²) in [5, 5.41) is 9.52. The smallest absolute Gasteiger partial charge is 0.336 e. The highest BCUT2D eigenvalue weighted by Gasteiger charge is 2.15. The monoisotopic (exact) mass is 266 g/mol. The first-order chi connectivity index (χ1) is 9.49. The van der Waals surface area contributed by atoms with Crippen LogP contribution in [-0.4, -0.2) is 11.1 Å². The van der Waals surface area contributed by atoms with Gasteiger partial charge in [0.1, 0.15) is 0 Å². The van der Waals surface area contributed by atoms with Gasteiger partial charge in [0.25, 0.3) is 0 Å². The SMILES string of the molecule is C/C(=C(\C(=O)O)c1ccc(C)cc1)c1ccc(C)cc1. The van der Waals surface area contributed by atoms with Crippen LogP contribution in [0.2, 0.25) is 0 Å². The van der Waals surface area contributed by atoms with Crippen molar-refractivity contribution in [3.8, 4) is 0 Å². The third-order valence-corrected chi connectivity index (χ3v) is 3.41. The number of allylic oxidation sites excluding steroid dienone is 1. The van der Waals surface area contributed by atoms with Gasteiger partial charge in [0.2, 0.25) is 0 Å². The molecular weight excluding hydrogens is 248 g/mol. The molecule has 2 aromatic rings. The van der Waals surface area contributed by atoms with Crippen molar-refractivity contribution in [2.45, 2.75) is 20.8 Å². The van der Waals surface area contributed by atoms with Gasteiger partial charge >= 0.3 is 5.97 Å². The van der Waals surface area contributed by atoms with E-state index >= 15 is 0 Å². The number of carboxylic acids is 1. The summed E-state index contributed by atoms with van der Waals surface area (Å²) in [6.45, 7) is 5.86. The Balaban J connectivity index is 2.56. The van der Waals surface area contributed by atoms with E-state index in [0.717, 1.165) is 27.8 Å². The molecule has 0 radical (unpaired) electrons. The van der Waals surface area contributed by atoms with E-state index in [9.17, 15) is 9.90 Å². The van der Waals surface area contributed by atoms with E-state index in [2.05, 4.69) is 0 Å². The largest absolute Gasteiger partial charge is 0.478 e. The van der Waals surface area contributed by atoms with E-state index in [4.69, 9.17) is 0 Å². The predicted octanol–water partition coefficient (Wildman–Crippen LogP) is 4.32. The van der Waals surface area contributed by atoms with Gasteiger partial charge in [-0.15, -0.1) is 0 Å². The van der Waals surface area contributed by atoms with E-state index in [1.807, 2.05) is 69.3 Å². The zero-order chi connectivity index (χ0) is 14.7. The van der Waals surface area contributed by atoms with Crippen molar-refractivity contribution in [2.75, 3.05) is 0 Å². The van der Waals surface area contributed by atoms with Gasteiger partial charge in [0.15, 0.2) is 0 Å². The Morgan fingerprint density at radius 2 is 1.20 bits per heavy atom. The fourth-order valence-corrected chi connectivity index (χ4v) is 2.17. The van der Waals surface area contributed by atoms with Gasteiger partial charge in [0.05, 0.1) is 5.57 Å². The highest BCUT2D eigenvalue weighted by Crippen LogP contribution is 2.26. The van der Waals surface area contributed by atoms with Crippen LogP contribution in [0.5, 0.6) is 0 Å². The summed E-state index contributed by atoms with van der Waals surface area (Å²) in [4.78, 5) is 11.6. The van der Waals surface area contributed by atoms with Gasteiger partial charge in [-0.2, -0.15) is 0 Å². The van der Waals surface area contributed by atoms with Crippen molar-refractivity contribution in [1.82, 2.24) is 0 Å². The summed E-state index contributed by atoms with van der Waals surface area (Å²) in [5.41, 5.74) is 5.09. The maximum absolute atomic E-state index is 11.6. The molecule has 0 aromatic heterocycles. The summed E-state index contributed by atoms with van der Waals surface area (Å²) in [6.07, 6.45) is 0. The fourth-order valence-electron chi connectivity index (χ4n) is 2.17. The average Bonchev–Trinajstić information content (AvgIpc) is 2.41. The summed E-state index contributed by atoms with van der Waals surface area (Å²) in [5.74, 6) is -0.896. The highest BCUT2D eigenvalue weighted by atomic mass is 16.4. The molecule has 0 spiro atoms. The highest BCUT2D eigenvalue weighted by molar-refractivity contribution is 6.23. The molecule has 0 aliphatic rings. The van der Waals surface area contributed by atoms with Gasteiger partial charge < -0.3 is 5.11 Å². The lowest BCUT2D eigenvalue weighted by molar-refractivity contribution is -0.130. The third-order valence-electron chi connectivity index (χ3n) is 3.41. The fraction of sp³-hybridized carbons (Fsp3) is 0.167. The maximum Gasteiger partial charge on any atom is 0.336 e. The standard InChI is InChI=1S/C18H18O2/c1-12-4-8-15(9-5-12)14(3)17(18(19)20)16-10-6-13(2)7-11-16/h4-11H,1-3H3,(H,19,20)/b17-14+. The molecular formula is C18H18O2. The van der Waals surface area contributed by atoms with Crippen LogP contribution in [0, 0.1) is 13.8 Å². The summed E-state index contributed by atoms with van der Waals surface area (Å²) in [6, 6.07) is 15.5. The second-order valence-electron chi connectivity index (χ2n) is 5.04. The van der Waals surface area contributed by atoms with Gasteiger partial charge in [-0.25, -0.2) is 4.79 Å². The molecule has 0 saturated carbocycles. The van der Waals surface area contributed by atoms with E-state index in [1.54, 1.807) is 0 Å². The molecule has 0 aliphatic carbocycles. The third kappa shape index (κ3) is 2.97. The predicted molar refractivity (Wildman–Crippen MR) is 82.5 cm³/mol. The van der Waals surface area contributed by atoms with Crippen LogP contribution in [0.25, 0.3) is 11.1 Å². The lowest BCUT2D eigenvalue weighted by Crippen LogP contribution is -2.02. The summed E-state index contributed by atoms with van der Waals surface area (Å²) in [7, 11) is 0. The number of carbonyl (C=O) groups is 1. The first-order valence-electron chi connectivity index (χ1n) is 6.57. The summed E-state index contributed by atoms with van der Waals surface area (Å²) >= 11 is 0. The molecule has 102 valence electrons. The zero-order valence-electron chi connectivity index (χ0n) is 12.0. The van der Waals surface area contributed by atoms with Crippen molar-refractivity contribution < 1.29 is 9.90 Å². The van der Waals surface area contributed by atoms with E-state index in [-0.39, 0.29) is 0 Å². The lowest BCUT2D eigenvalue weighted by atomic mass is 9.95. The summed E-state index contributed by atoms with van der Waals surface area (Å²) < 4.78 is 0. The van der Waals surface area contributed by atoms with Gasteiger partial charge in [-0.1, -0.05) is 59.7 Å². The minimum absolute atomic E-state index is 0.355. The Hall–Kier alpha value is -2.35. The molecule has 20 heavy (non-hydrogen) atoms. The lowest BCUT2D eigenvalue weighted by Gasteiger charge is -2.10. The second kappa shape index (κ2) is 5.74. The molecule has 2 aromatic carbocycles. The Bertz CT molecular complexity index is 647. The maximum atomic E-state index is 11.6. The molecule has 0 unspecified atom stereocenters. The number of aryl methyl sites for hydroxylation is 2. The number of hydrogen-bond donors (Lipinski definition) is 1. The van der Waals surface area contributed by atoms with Gasteiger partial charge in [-0.05, 0) is 37.5 Å². The molecule has 0 saturated heterocycles. The molecule has 0 amide bonds. The Morgan fingerprint density at radius 3 is 1.60 bits per heavy atom. The molecule has 1 N–H and O–H groups in total. The molecule has 0 bridgehead atoms. The van der Waals surface area contributed by atoms with E-state index in [0.29, 0.717) is 5.57 Å². The average molecular weight is 266 g/mol. The first kappa shape index (κ1) is 14.1. The molecule has 0 fully saturated rings. The Morgan fingerprint density at radius 1 is 0.800 bits per heavy atom. The Kier molecular flexibility index (Phi) is 4.04. The molecule has 2 nitrogen and oxygen atoms in total. The van der Waals surface area contributed by atoms with Crippen LogP contribution in [0.4, 0.5) is 0 Å².